The molecule has 0 saturated heterocycles. The predicted octanol–water partition coefficient (Wildman–Crippen LogP) is 2.51. The number of hydrogen-bond donors (Lipinski definition) is 1. The highest BCUT2D eigenvalue weighted by molar-refractivity contribution is 7.81. The van der Waals surface area contributed by atoms with Crippen LogP contribution in [-0.2, 0) is 0 Å². The Hall–Kier alpha value is -0.890. The lowest BCUT2D eigenvalue weighted by molar-refractivity contribution is 0.335. The van der Waals surface area contributed by atoms with Gasteiger partial charge in [0, 0.05) is 0 Å². The Morgan fingerprint density at radius 1 is 1.36 bits per heavy atom. The minimum atomic E-state index is -0.225. The average Bonchev–Trinajstić information content (AvgIpc) is 2.06. The summed E-state index contributed by atoms with van der Waals surface area (Å²) in [6, 6.07) is 9.53. The third-order valence-corrected chi connectivity index (χ3v) is 1.52. The van der Waals surface area contributed by atoms with Crippen LogP contribution in [0.25, 0.3) is 0 Å². The second-order valence-electron chi connectivity index (χ2n) is 2.06. The summed E-state index contributed by atoms with van der Waals surface area (Å²) in [5, 5.41) is 0. The zero-order valence-electron chi connectivity index (χ0n) is 6.10. The molecule has 11 heavy (non-hydrogen) atoms. The molecule has 0 heterocycles. The minimum absolute atomic E-state index is 0.225. The van der Waals surface area contributed by atoms with E-state index in [1.807, 2.05) is 30.3 Å². The van der Waals surface area contributed by atoms with Gasteiger partial charge in [-0.25, -0.2) is 0 Å². The number of thiol groups is 1. The molecule has 0 N–H and O–H groups in total. The summed E-state index contributed by atoms with van der Waals surface area (Å²) < 4.78 is 5.31. The molecule has 1 atom stereocenters. The van der Waals surface area contributed by atoms with Crippen molar-refractivity contribution in [1.82, 2.24) is 0 Å². The smallest absolute Gasteiger partial charge is 0.159 e. The molecule has 2 heteroatoms. The van der Waals surface area contributed by atoms with Gasteiger partial charge in [-0.3, -0.25) is 0 Å². The highest BCUT2D eigenvalue weighted by atomic mass is 32.1. The van der Waals surface area contributed by atoms with Crippen molar-refractivity contribution < 1.29 is 4.74 Å². The summed E-state index contributed by atoms with van der Waals surface area (Å²) in [5.41, 5.74) is -0.225. The highest BCUT2D eigenvalue weighted by Crippen LogP contribution is 2.12. The van der Waals surface area contributed by atoms with Gasteiger partial charge < -0.3 is 4.74 Å². The zero-order valence-corrected chi connectivity index (χ0v) is 7.00. The number of hydrogen-bond acceptors (Lipinski definition) is 2. The normalized spacial score (nSPS) is 12.1. The van der Waals surface area contributed by atoms with Crippen LogP contribution in [0.4, 0.5) is 0 Å². The van der Waals surface area contributed by atoms with Crippen molar-refractivity contribution in [3.8, 4) is 5.75 Å². The molecule has 0 spiro atoms. The summed E-state index contributed by atoms with van der Waals surface area (Å²) in [7, 11) is 0. The lowest BCUT2D eigenvalue weighted by atomic mass is 10.3. The van der Waals surface area contributed by atoms with E-state index in [2.05, 4.69) is 19.2 Å². The van der Waals surface area contributed by atoms with Gasteiger partial charge in [-0.2, -0.15) is 0 Å². The van der Waals surface area contributed by atoms with Gasteiger partial charge in [0.1, 0.15) is 5.75 Å². The molecule has 0 radical (unpaired) electrons. The van der Waals surface area contributed by atoms with Crippen LogP contribution in [0.2, 0.25) is 0 Å². The summed E-state index contributed by atoms with van der Waals surface area (Å²) in [4.78, 5) is 0. The second-order valence-corrected chi connectivity index (χ2v) is 2.57. The standard InChI is InChI=1S/C9H10OS/c1-2-9(11)10-8-6-4-3-5-7-8/h2-7,9,11H,1H2. The zero-order chi connectivity index (χ0) is 8.10. The monoisotopic (exact) mass is 166 g/mol. The molecule has 0 saturated carbocycles. The summed E-state index contributed by atoms with van der Waals surface area (Å²) in [6.45, 7) is 3.56. The van der Waals surface area contributed by atoms with Crippen LogP contribution in [0.15, 0.2) is 43.0 Å². The molecule has 1 aromatic carbocycles. The molecule has 0 aliphatic carbocycles. The molecule has 1 aromatic rings. The average molecular weight is 166 g/mol. The highest BCUT2D eigenvalue weighted by Gasteiger charge is 1.96. The molecule has 0 bridgehead atoms. The molecule has 0 amide bonds. The predicted molar refractivity (Wildman–Crippen MR) is 50.0 cm³/mol. The molecule has 58 valence electrons. The van der Waals surface area contributed by atoms with Gasteiger partial charge in [0.2, 0.25) is 0 Å². The number of rotatable bonds is 3. The molecule has 0 aliphatic heterocycles. The Balaban J connectivity index is 2.57. The Morgan fingerprint density at radius 3 is 2.55 bits per heavy atom. The molecular formula is C9H10OS. The third-order valence-electron chi connectivity index (χ3n) is 1.20. The first-order chi connectivity index (χ1) is 5.33. The Kier molecular flexibility index (Phi) is 3.05. The van der Waals surface area contributed by atoms with E-state index in [0.717, 1.165) is 5.75 Å². The summed E-state index contributed by atoms with van der Waals surface area (Å²) >= 11 is 4.10. The van der Waals surface area contributed by atoms with Crippen LogP contribution in [0.5, 0.6) is 5.75 Å². The molecule has 0 aromatic heterocycles. The minimum Gasteiger partial charge on any atom is -0.476 e. The fourth-order valence-corrected chi connectivity index (χ4v) is 0.808. The molecular weight excluding hydrogens is 156 g/mol. The molecule has 0 fully saturated rings. The van der Waals surface area contributed by atoms with E-state index in [9.17, 15) is 0 Å². The van der Waals surface area contributed by atoms with Crippen molar-refractivity contribution in [1.29, 1.82) is 0 Å². The van der Waals surface area contributed by atoms with Crippen molar-refractivity contribution in [3.05, 3.63) is 43.0 Å². The Bertz CT molecular complexity index is 220. The van der Waals surface area contributed by atoms with E-state index >= 15 is 0 Å². The molecule has 1 unspecified atom stereocenters. The van der Waals surface area contributed by atoms with E-state index in [-0.39, 0.29) is 5.44 Å². The maximum Gasteiger partial charge on any atom is 0.159 e. The molecule has 1 nitrogen and oxygen atoms in total. The van der Waals surface area contributed by atoms with Gasteiger partial charge in [0.25, 0.3) is 0 Å². The lowest BCUT2D eigenvalue weighted by Gasteiger charge is -2.08. The van der Waals surface area contributed by atoms with Crippen LogP contribution < -0.4 is 4.74 Å². The fourth-order valence-electron chi connectivity index (χ4n) is 0.687. The maximum absolute atomic E-state index is 5.31. The maximum atomic E-state index is 5.31. The van der Waals surface area contributed by atoms with Gasteiger partial charge in [-0.1, -0.05) is 24.8 Å². The topological polar surface area (TPSA) is 9.23 Å². The van der Waals surface area contributed by atoms with Crippen LogP contribution in [0.3, 0.4) is 0 Å². The quantitative estimate of drug-likeness (QED) is 0.412. The first-order valence-corrected chi connectivity index (χ1v) is 3.87. The SMILES string of the molecule is C=CC(S)Oc1ccccc1. The summed E-state index contributed by atoms with van der Waals surface area (Å²) in [5.74, 6) is 0.812. The number of ether oxygens (including phenoxy) is 1. The van der Waals surface area contributed by atoms with Gasteiger partial charge in [0.15, 0.2) is 5.44 Å². The Labute approximate surface area is 72.1 Å². The van der Waals surface area contributed by atoms with Crippen molar-refractivity contribution in [3.63, 3.8) is 0 Å². The first kappa shape index (κ1) is 8.21. The van der Waals surface area contributed by atoms with Crippen molar-refractivity contribution in [2.75, 3.05) is 0 Å². The number of para-hydroxylation sites is 1. The van der Waals surface area contributed by atoms with E-state index in [1.165, 1.54) is 0 Å². The molecule has 0 aliphatic rings. The second kappa shape index (κ2) is 4.09. The van der Waals surface area contributed by atoms with E-state index in [4.69, 9.17) is 4.74 Å². The first-order valence-electron chi connectivity index (χ1n) is 3.35. The van der Waals surface area contributed by atoms with Crippen LogP contribution >= 0.6 is 12.6 Å². The van der Waals surface area contributed by atoms with Crippen molar-refractivity contribution in [2.45, 2.75) is 5.44 Å². The van der Waals surface area contributed by atoms with Crippen molar-refractivity contribution >= 4 is 12.6 Å². The van der Waals surface area contributed by atoms with E-state index in [1.54, 1.807) is 6.08 Å². The van der Waals surface area contributed by atoms with Gasteiger partial charge >= 0.3 is 0 Å². The van der Waals surface area contributed by atoms with E-state index < -0.39 is 0 Å². The Morgan fingerprint density at radius 2 is 2.00 bits per heavy atom. The van der Waals surface area contributed by atoms with Gasteiger partial charge in [-0.05, 0) is 18.2 Å². The molecule has 1 rings (SSSR count). The van der Waals surface area contributed by atoms with E-state index in [0.29, 0.717) is 0 Å². The van der Waals surface area contributed by atoms with Crippen molar-refractivity contribution in [2.24, 2.45) is 0 Å². The van der Waals surface area contributed by atoms with Gasteiger partial charge in [-0.15, -0.1) is 12.6 Å². The third kappa shape index (κ3) is 2.68. The summed E-state index contributed by atoms with van der Waals surface area (Å²) in [6.07, 6.45) is 1.64. The number of benzene rings is 1. The van der Waals surface area contributed by atoms with Gasteiger partial charge in [0.05, 0.1) is 0 Å². The van der Waals surface area contributed by atoms with Crippen LogP contribution in [0.1, 0.15) is 0 Å². The van der Waals surface area contributed by atoms with Crippen LogP contribution in [-0.4, -0.2) is 5.44 Å². The lowest BCUT2D eigenvalue weighted by Crippen LogP contribution is -2.03. The van der Waals surface area contributed by atoms with Crippen LogP contribution in [0, 0.1) is 0 Å². The largest absolute Gasteiger partial charge is 0.476 e. The fraction of sp³-hybridized carbons (Fsp3) is 0.111.